The lowest BCUT2D eigenvalue weighted by Gasteiger charge is -2.17. The molecule has 212 valence electrons. The molecule has 0 aliphatic heterocycles. The minimum absolute atomic E-state index is 0.121. The van der Waals surface area contributed by atoms with E-state index in [1.165, 1.54) is 82.6 Å². The van der Waals surface area contributed by atoms with E-state index < -0.39 is 0 Å². The van der Waals surface area contributed by atoms with E-state index in [0.717, 1.165) is 37.9 Å². The standard InChI is InChI=1S/C30H49N5O3/c1-4-5-6-7-13-16-21-37-38-23(2)17-14-11-9-8-10-12-15-18-25-19-20-26(24(25)3)35-22-32-27-28(35)33-30(31)34-29(27)36/h22,25-26H,2-21H2,1H3,(H3,31,33,34,36)/t25-,26+/m1/s1. The highest BCUT2D eigenvalue weighted by Gasteiger charge is 2.31. The largest absolute Gasteiger partial charge is 0.369 e. The highest BCUT2D eigenvalue weighted by atomic mass is 17.2. The predicted molar refractivity (Wildman–Crippen MR) is 155 cm³/mol. The van der Waals surface area contributed by atoms with E-state index in [2.05, 4.69) is 35.0 Å². The fourth-order valence-electron chi connectivity index (χ4n) is 5.53. The molecule has 2 aromatic rings. The van der Waals surface area contributed by atoms with Crippen LogP contribution in [-0.4, -0.2) is 26.1 Å². The molecule has 38 heavy (non-hydrogen) atoms. The van der Waals surface area contributed by atoms with Crippen LogP contribution in [0.15, 0.2) is 35.6 Å². The van der Waals surface area contributed by atoms with Gasteiger partial charge in [0, 0.05) is 6.42 Å². The maximum absolute atomic E-state index is 12.1. The minimum Gasteiger partial charge on any atom is -0.369 e. The summed E-state index contributed by atoms with van der Waals surface area (Å²) in [5.74, 6) is 1.39. The van der Waals surface area contributed by atoms with Crippen molar-refractivity contribution in [1.82, 2.24) is 19.5 Å². The Kier molecular flexibility index (Phi) is 12.9. The fourth-order valence-corrected chi connectivity index (χ4v) is 5.53. The molecule has 0 bridgehead atoms. The molecule has 0 unspecified atom stereocenters. The van der Waals surface area contributed by atoms with E-state index in [-0.39, 0.29) is 17.5 Å². The number of H-pyrrole nitrogens is 1. The van der Waals surface area contributed by atoms with Crippen LogP contribution in [0.25, 0.3) is 11.2 Å². The fraction of sp³-hybridized carbons (Fsp3) is 0.700. The monoisotopic (exact) mass is 527 g/mol. The van der Waals surface area contributed by atoms with Crippen molar-refractivity contribution < 1.29 is 9.78 Å². The highest BCUT2D eigenvalue weighted by Crippen LogP contribution is 2.42. The number of nitrogens with zero attached hydrogens (tertiary/aromatic N) is 3. The van der Waals surface area contributed by atoms with E-state index in [9.17, 15) is 4.79 Å². The van der Waals surface area contributed by atoms with Crippen LogP contribution in [0.1, 0.15) is 122 Å². The molecule has 1 fully saturated rings. The molecular weight excluding hydrogens is 478 g/mol. The maximum Gasteiger partial charge on any atom is 0.280 e. The molecule has 3 N–H and O–H groups in total. The molecule has 0 aromatic carbocycles. The zero-order chi connectivity index (χ0) is 27.2. The third-order valence-corrected chi connectivity index (χ3v) is 7.79. The van der Waals surface area contributed by atoms with Gasteiger partial charge in [-0.1, -0.05) is 96.3 Å². The van der Waals surface area contributed by atoms with Crippen LogP contribution in [0, 0.1) is 5.92 Å². The number of fused-ring (bicyclic) bond motifs is 1. The molecule has 1 aliphatic rings. The highest BCUT2D eigenvalue weighted by molar-refractivity contribution is 5.70. The molecule has 1 aliphatic carbocycles. The summed E-state index contributed by atoms with van der Waals surface area (Å²) >= 11 is 0. The summed E-state index contributed by atoms with van der Waals surface area (Å²) in [7, 11) is 0. The number of imidazole rings is 1. The predicted octanol–water partition coefficient (Wildman–Crippen LogP) is 7.54. The lowest BCUT2D eigenvalue weighted by atomic mass is 9.95. The van der Waals surface area contributed by atoms with E-state index in [1.807, 2.05) is 4.57 Å². The molecule has 1 saturated carbocycles. The summed E-state index contributed by atoms with van der Waals surface area (Å²) in [6.07, 6.45) is 22.0. The van der Waals surface area contributed by atoms with Crippen molar-refractivity contribution in [2.24, 2.45) is 5.92 Å². The van der Waals surface area contributed by atoms with Crippen LogP contribution in [0.5, 0.6) is 0 Å². The van der Waals surface area contributed by atoms with Crippen molar-refractivity contribution >= 4 is 17.1 Å². The van der Waals surface area contributed by atoms with Crippen molar-refractivity contribution in [3.8, 4) is 0 Å². The molecule has 3 rings (SSSR count). The zero-order valence-electron chi connectivity index (χ0n) is 23.5. The van der Waals surface area contributed by atoms with E-state index in [1.54, 1.807) is 6.33 Å². The van der Waals surface area contributed by atoms with Crippen molar-refractivity contribution in [2.75, 3.05) is 12.3 Å². The molecule has 8 heteroatoms. The number of allylic oxidation sites excluding steroid dienone is 2. The van der Waals surface area contributed by atoms with Gasteiger partial charge in [0.2, 0.25) is 5.95 Å². The summed E-state index contributed by atoms with van der Waals surface area (Å²) in [6.45, 7) is 11.3. The average molecular weight is 528 g/mol. The van der Waals surface area contributed by atoms with E-state index in [4.69, 9.17) is 15.5 Å². The average Bonchev–Trinajstić information content (AvgIpc) is 3.47. The topological polar surface area (TPSA) is 108 Å². The first-order valence-electron chi connectivity index (χ1n) is 14.9. The van der Waals surface area contributed by atoms with Gasteiger partial charge in [0.1, 0.15) is 5.76 Å². The number of hydrogen-bond acceptors (Lipinski definition) is 6. The minimum atomic E-state index is -0.294. The molecule has 2 atom stereocenters. The van der Waals surface area contributed by atoms with Crippen LogP contribution >= 0.6 is 0 Å². The van der Waals surface area contributed by atoms with Crippen LogP contribution < -0.4 is 11.3 Å². The van der Waals surface area contributed by atoms with Crippen LogP contribution in [-0.2, 0) is 9.78 Å². The number of nitrogens with two attached hydrogens (primary N) is 1. The van der Waals surface area contributed by atoms with Crippen molar-refractivity contribution in [3.63, 3.8) is 0 Å². The number of anilines is 1. The maximum atomic E-state index is 12.1. The summed E-state index contributed by atoms with van der Waals surface area (Å²) in [4.78, 5) is 33.8. The van der Waals surface area contributed by atoms with Gasteiger partial charge in [-0.2, -0.15) is 9.87 Å². The van der Waals surface area contributed by atoms with Gasteiger partial charge in [0.15, 0.2) is 11.2 Å². The molecule has 2 heterocycles. The Bertz CT molecular complexity index is 1060. The van der Waals surface area contributed by atoms with Gasteiger partial charge in [0.25, 0.3) is 5.56 Å². The van der Waals surface area contributed by atoms with Crippen molar-refractivity contribution in [1.29, 1.82) is 0 Å². The summed E-state index contributed by atoms with van der Waals surface area (Å²) in [5, 5.41) is 0. The first-order valence-corrected chi connectivity index (χ1v) is 14.9. The van der Waals surface area contributed by atoms with Gasteiger partial charge in [0.05, 0.1) is 19.0 Å². The third kappa shape index (κ3) is 9.29. The smallest absolute Gasteiger partial charge is 0.280 e. The SMILES string of the molecule is C=C(CCCCCCCCC[C@@H]1CC[C@H](n2cnc3c(=O)[nH]c(N)nc32)C1=C)OOCCCCCCCC. The molecule has 0 spiro atoms. The second-order valence-corrected chi connectivity index (χ2v) is 10.9. The molecule has 2 aromatic heterocycles. The third-order valence-electron chi connectivity index (χ3n) is 7.79. The molecule has 0 saturated heterocycles. The second kappa shape index (κ2) is 16.4. The Hall–Kier alpha value is -2.61. The first-order chi connectivity index (χ1) is 18.5. The summed E-state index contributed by atoms with van der Waals surface area (Å²) in [5.41, 5.74) is 7.57. The van der Waals surface area contributed by atoms with Crippen molar-refractivity contribution in [2.45, 2.75) is 122 Å². The molecule has 8 nitrogen and oxygen atoms in total. The summed E-state index contributed by atoms with van der Waals surface area (Å²) in [6, 6.07) is 0.137. The number of nitrogen functional groups attached to an aromatic ring is 1. The van der Waals surface area contributed by atoms with Gasteiger partial charge in [-0.15, -0.1) is 0 Å². The van der Waals surface area contributed by atoms with Crippen LogP contribution in [0.2, 0.25) is 0 Å². The Morgan fingerprint density at radius 2 is 1.74 bits per heavy atom. The van der Waals surface area contributed by atoms with Crippen LogP contribution in [0.4, 0.5) is 5.95 Å². The second-order valence-electron chi connectivity index (χ2n) is 10.9. The quantitative estimate of drug-likeness (QED) is 0.0605. The number of unbranched alkanes of at least 4 members (excludes halogenated alkanes) is 11. The molecule has 0 radical (unpaired) electrons. The van der Waals surface area contributed by atoms with Gasteiger partial charge >= 0.3 is 0 Å². The Balaban J connectivity index is 1.19. The first kappa shape index (κ1) is 29.9. The number of rotatable bonds is 20. The van der Waals surface area contributed by atoms with Gasteiger partial charge in [-0.3, -0.25) is 9.78 Å². The summed E-state index contributed by atoms with van der Waals surface area (Å²) < 4.78 is 1.98. The number of aromatic nitrogens is 4. The van der Waals surface area contributed by atoms with Gasteiger partial charge in [-0.25, -0.2) is 4.98 Å². The normalized spacial score (nSPS) is 17.4. The lowest BCUT2D eigenvalue weighted by molar-refractivity contribution is -0.264. The van der Waals surface area contributed by atoms with E-state index in [0.29, 0.717) is 23.7 Å². The Labute approximate surface area is 228 Å². The van der Waals surface area contributed by atoms with Gasteiger partial charge in [-0.05, 0) is 38.0 Å². The molecular formula is C30H49N5O3. The van der Waals surface area contributed by atoms with E-state index >= 15 is 0 Å². The number of aromatic amines is 1. The number of hydrogen-bond donors (Lipinski definition) is 2. The lowest BCUT2D eigenvalue weighted by Crippen LogP contribution is -2.14. The van der Waals surface area contributed by atoms with Crippen molar-refractivity contribution in [3.05, 3.63) is 41.2 Å². The zero-order valence-corrected chi connectivity index (χ0v) is 23.5. The molecule has 0 amide bonds. The van der Waals surface area contributed by atoms with Gasteiger partial charge < -0.3 is 15.2 Å². The number of nitrogens with one attached hydrogen (secondary N) is 1. The van der Waals surface area contributed by atoms with Crippen LogP contribution in [0.3, 0.4) is 0 Å². The Morgan fingerprint density at radius 3 is 2.50 bits per heavy atom. The Morgan fingerprint density at radius 1 is 1.05 bits per heavy atom.